The maximum atomic E-state index is 14.6. The van der Waals surface area contributed by atoms with E-state index in [0.717, 1.165) is 12.1 Å². The second-order valence-electron chi connectivity index (χ2n) is 8.80. The van der Waals surface area contributed by atoms with Crippen LogP contribution in [0.4, 0.5) is 17.6 Å². The van der Waals surface area contributed by atoms with Crippen LogP contribution in [0.5, 0.6) is 5.75 Å². The van der Waals surface area contributed by atoms with Gasteiger partial charge in [-0.25, -0.2) is 4.39 Å². The molecule has 5 rings (SSSR count). The number of carbonyl (C=O) groups excluding carboxylic acids is 3. The van der Waals surface area contributed by atoms with Crippen LogP contribution in [0.15, 0.2) is 36.7 Å². The van der Waals surface area contributed by atoms with Gasteiger partial charge in [-0.15, -0.1) is 13.2 Å². The Kier molecular flexibility index (Phi) is 5.64. The molecule has 3 aromatic rings. The van der Waals surface area contributed by atoms with E-state index in [1.54, 1.807) is 6.07 Å². The highest BCUT2D eigenvalue weighted by atomic mass is 19.4. The van der Waals surface area contributed by atoms with Crippen molar-refractivity contribution in [1.29, 1.82) is 0 Å². The first-order valence-electron chi connectivity index (χ1n) is 11.0. The number of benzene rings is 1. The number of carbonyl (C=O) groups is 3. The van der Waals surface area contributed by atoms with Crippen molar-refractivity contribution in [3.05, 3.63) is 53.7 Å². The molecule has 2 N–H and O–H groups in total. The number of primary amides is 1. The summed E-state index contributed by atoms with van der Waals surface area (Å²) in [5.41, 5.74) is 5.53. The van der Waals surface area contributed by atoms with Gasteiger partial charge in [-0.3, -0.25) is 24.0 Å². The number of fused-ring (bicyclic) bond motifs is 2. The van der Waals surface area contributed by atoms with E-state index in [1.165, 1.54) is 28.0 Å². The first-order chi connectivity index (χ1) is 17.0. The molecule has 1 saturated heterocycles. The van der Waals surface area contributed by atoms with Crippen molar-refractivity contribution in [2.24, 2.45) is 11.7 Å². The van der Waals surface area contributed by atoms with Gasteiger partial charge in [-0.1, -0.05) is 12.1 Å². The molecule has 0 spiro atoms. The molecular weight excluding hydrogens is 486 g/mol. The van der Waals surface area contributed by atoms with Gasteiger partial charge in [-0.2, -0.15) is 5.10 Å². The Hall–Kier alpha value is -4.03. The highest BCUT2D eigenvalue weighted by Gasteiger charge is 2.55. The zero-order valence-electron chi connectivity index (χ0n) is 18.5. The number of likely N-dealkylation sites (tertiary alicyclic amines) is 1. The van der Waals surface area contributed by atoms with Gasteiger partial charge >= 0.3 is 6.36 Å². The quantitative estimate of drug-likeness (QED) is 0.493. The molecule has 0 bridgehead atoms. The zero-order chi connectivity index (χ0) is 25.8. The number of ether oxygens (including phenoxy) is 1. The second-order valence-corrected chi connectivity index (χ2v) is 8.80. The van der Waals surface area contributed by atoms with Gasteiger partial charge in [0.15, 0.2) is 23.0 Å². The number of aromatic nitrogens is 3. The monoisotopic (exact) mass is 505 g/mol. The van der Waals surface area contributed by atoms with Crippen LogP contribution < -0.4 is 10.5 Å². The van der Waals surface area contributed by atoms with Crippen molar-refractivity contribution >= 4 is 28.5 Å². The standard InChI is InChI=1S/C23H19F4N5O4/c24-20-11(2-1-3-18(20)36-23(25,26)27)8-17(33)15-7-12-6-14(12)32(15)19(34)10-31-16-9-29-5-4-13(16)21(30-31)22(28)35/h1-5,9,12,14-15H,6-8,10H2,(H2,28,35)/t12-,14-,15+/m1/s1. The summed E-state index contributed by atoms with van der Waals surface area (Å²) < 4.78 is 57.2. The fourth-order valence-corrected chi connectivity index (χ4v) is 4.84. The van der Waals surface area contributed by atoms with Crippen LogP contribution in [0.1, 0.15) is 28.9 Å². The molecule has 0 radical (unpaired) electrons. The average Bonchev–Trinajstić information content (AvgIpc) is 3.31. The van der Waals surface area contributed by atoms with Crippen LogP contribution >= 0.6 is 0 Å². The van der Waals surface area contributed by atoms with E-state index in [2.05, 4.69) is 14.8 Å². The van der Waals surface area contributed by atoms with Crippen molar-refractivity contribution in [3.63, 3.8) is 0 Å². The minimum Gasteiger partial charge on any atom is -0.403 e. The SMILES string of the molecule is NC(=O)c1nn(CC(=O)N2[C@@H]3C[C@@H]3C[C@H]2C(=O)Cc2cccc(OC(F)(F)F)c2F)c2cnccc12. The summed E-state index contributed by atoms with van der Waals surface area (Å²) in [6.45, 7) is -0.286. The summed E-state index contributed by atoms with van der Waals surface area (Å²) in [5, 5.41) is 4.57. The Morgan fingerprint density at radius 1 is 1.17 bits per heavy atom. The molecule has 2 fully saturated rings. The summed E-state index contributed by atoms with van der Waals surface area (Å²) in [7, 11) is 0. The van der Waals surface area contributed by atoms with E-state index < -0.39 is 48.0 Å². The van der Waals surface area contributed by atoms with E-state index in [-0.39, 0.29) is 29.8 Å². The smallest absolute Gasteiger partial charge is 0.403 e. The first-order valence-corrected chi connectivity index (χ1v) is 11.0. The third-order valence-electron chi connectivity index (χ3n) is 6.47. The molecule has 3 heterocycles. The number of Topliss-reactive ketones (excluding diaryl/α,β-unsaturated/α-hetero) is 1. The molecule has 9 nitrogen and oxygen atoms in total. The largest absolute Gasteiger partial charge is 0.573 e. The first kappa shape index (κ1) is 23.7. The van der Waals surface area contributed by atoms with Gasteiger partial charge in [0.25, 0.3) is 5.91 Å². The summed E-state index contributed by atoms with van der Waals surface area (Å²) in [6, 6.07) is 3.71. The van der Waals surface area contributed by atoms with E-state index in [1.807, 2.05) is 0 Å². The van der Waals surface area contributed by atoms with E-state index in [0.29, 0.717) is 23.7 Å². The molecule has 1 aliphatic heterocycles. The molecule has 36 heavy (non-hydrogen) atoms. The third-order valence-corrected chi connectivity index (χ3v) is 6.47. The van der Waals surface area contributed by atoms with Gasteiger partial charge in [0.05, 0.1) is 17.8 Å². The molecule has 2 aromatic heterocycles. The van der Waals surface area contributed by atoms with E-state index in [4.69, 9.17) is 5.73 Å². The van der Waals surface area contributed by atoms with Gasteiger partial charge in [0, 0.05) is 24.0 Å². The number of piperidine rings is 1. The van der Waals surface area contributed by atoms with Crippen LogP contribution in [-0.4, -0.2) is 55.7 Å². The van der Waals surface area contributed by atoms with Gasteiger partial charge in [0.1, 0.15) is 6.54 Å². The zero-order valence-corrected chi connectivity index (χ0v) is 18.5. The lowest BCUT2D eigenvalue weighted by atomic mass is 9.99. The Labute approximate surface area is 200 Å². The number of alkyl halides is 3. The molecule has 188 valence electrons. The second kappa shape index (κ2) is 8.57. The minimum absolute atomic E-state index is 0.0185. The molecule has 1 aliphatic carbocycles. The lowest BCUT2D eigenvalue weighted by Crippen LogP contribution is -2.45. The van der Waals surface area contributed by atoms with Crippen molar-refractivity contribution in [3.8, 4) is 5.75 Å². The van der Waals surface area contributed by atoms with Crippen LogP contribution in [-0.2, 0) is 22.6 Å². The number of halogens is 4. The number of ketones is 1. The van der Waals surface area contributed by atoms with Gasteiger partial charge < -0.3 is 15.4 Å². The average molecular weight is 505 g/mol. The topological polar surface area (TPSA) is 120 Å². The van der Waals surface area contributed by atoms with Crippen molar-refractivity contribution in [1.82, 2.24) is 19.7 Å². The highest BCUT2D eigenvalue weighted by molar-refractivity contribution is 6.04. The number of pyridine rings is 1. The van der Waals surface area contributed by atoms with E-state index >= 15 is 0 Å². The molecule has 1 aromatic carbocycles. The number of rotatable bonds is 7. The summed E-state index contributed by atoms with van der Waals surface area (Å²) >= 11 is 0. The predicted molar refractivity (Wildman–Crippen MR) is 115 cm³/mol. The molecule has 2 aliphatic rings. The number of hydrogen-bond acceptors (Lipinski definition) is 6. The van der Waals surface area contributed by atoms with Crippen molar-refractivity contribution in [2.75, 3.05) is 0 Å². The molecule has 1 saturated carbocycles. The fraction of sp³-hybridized carbons (Fsp3) is 0.348. The Balaban J connectivity index is 1.35. The lowest BCUT2D eigenvalue weighted by molar-refractivity contribution is -0.275. The van der Waals surface area contributed by atoms with Gasteiger partial charge in [0.2, 0.25) is 5.91 Å². The minimum atomic E-state index is -5.08. The fourth-order valence-electron chi connectivity index (χ4n) is 4.84. The summed E-state index contributed by atoms with van der Waals surface area (Å²) in [4.78, 5) is 43.6. The third kappa shape index (κ3) is 4.36. The maximum Gasteiger partial charge on any atom is 0.573 e. The number of hydrogen-bond donors (Lipinski definition) is 1. The summed E-state index contributed by atoms with van der Waals surface area (Å²) in [5.74, 6) is -3.89. The Morgan fingerprint density at radius 3 is 2.67 bits per heavy atom. The van der Waals surface area contributed by atoms with Gasteiger partial charge in [-0.05, 0) is 36.5 Å². The van der Waals surface area contributed by atoms with Crippen LogP contribution in [0.25, 0.3) is 10.9 Å². The Bertz CT molecular complexity index is 1390. The number of nitrogens with two attached hydrogens (primary N) is 1. The maximum absolute atomic E-state index is 14.6. The molecule has 3 atom stereocenters. The van der Waals surface area contributed by atoms with Crippen molar-refractivity contribution < 1.29 is 36.7 Å². The van der Waals surface area contributed by atoms with Crippen molar-refractivity contribution in [2.45, 2.75) is 44.3 Å². The van der Waals surface area contributed by atoms with E-state index in [9.17, 15) is 31.9 Å². The Morgan fingerprint density at radius 2 is 1.94 bits per heavy atom. The number of amides is 2. The van der Waals surface area contributed by atoms with Crippen LogP contribution in [0.2, 0.25) is 0 Å². The number of nitrogens with zero attached hydrogens (tertiary/aromatic N) is 4. The lowest BCUT2D eigenvalue weighted by Gasteiger charge is -2.27. The predicted octanol–water partition coefficient (Wildman–Crippen LogP) is 2.37. The van der Waals surface area contributed by atoms with Crippen LogP contribution in [0.3, 0.4) is 0 Å². The molecular formula is C23H19F4N5O4. The highest BCUT2D eigenvalue weighted by Crippen LogP contribution is 2.48. The summed E-state index contributed by atoms with van der Waals surface area (Å²) in [6.07, 6.45) is -1.60. The normalized spacial score (nSPS) is 20.9. The molecule has 13 heteroatoms. The molecule has 0 unspecified atom stereocenters. The van der Waals surface area contributed by atoms with Crippen LogP contribution in [0, 0.1) is 11.7 Å². The molecule has 2 amide bonds.